The van der Waals surface area contributed by atoms with Gasteiger partial charge in [-0.1, -0.05) is 34.1 Å². The number of halogens is 1. The lowest BCUT2D eigenvalue weighted by atomic mass is 10.1. The van der Waals surface area contributed by atoms with E-state index in [1.165, 1.54) is 19.2 Å². The molecule has 0 N–H and O–H groups in total. The third kappa shape index (κ3) is 3.46. The van der Waals surface area contributed by atoms with E-state index in [1.807, 2.05) is 6.07 Å². The number of amides is 2. The Morgan fingerprint density at radius 1 is 1.06 bits per heavy atom. The molecule has 12 heteroatoms. The second-order valence-electron chi connectivity index (χ2n) is 7.23. The van der Waals surface area contributed by atoms with Crippen LogP contribution in [0.4, 0.5) is 5.69 Å². The first-order valence-corrected chi connectivity index (χ1v) is 10.2. The molecular formula is C21H17ClN6O5. The van der Waals surface area contributed by atoms with Gasteiger partial charge in [0.1, 0.15) is 6.54 Å². The average Bonchev–Trinajstić information content (AvgIpc) is 3.52. The highest BCUT2D eigenvalue weighted by molar-refractivity contribution is 6.33. The van der Waals surface area contributed by atoms with Crippen molar-refractivity contribution in [2.24, 2.45) is 10.3 Å². The monoisotopic (exact) mass is 468 g/mol. The summed E-state index contributed by atoms with van der Waals surface area (Å²) in [6, 6.07) is 10.0. The molecule has 0 bridgehead atoms. The summed E-state index contributed by atoms with van der Waals surface area (Å²) in [6.45, 7) is 0.000906. The molecule has 1 aromatic heterocycles. The molecule has 2 aromatic carbocycles. The van der Waals surface area contributed by atoms with Crippen molar-refractivity contribution in [3.63, 3.8) is 0 Å². The van der Waals surface area contributed by atoms with Gasteiger partial charge in [-0.25, -0.2) is 4.90 Å². The summed E-state index contributed by atoms with van der Waals surface area (Å²) in [5.74, 6) is 0.439. The highest BCUT2D eigenvalue weighted by Gasteiger charge is 2.55. The standard InChI is InChI=1S/C21H17ClN6O5/c1-31-14-8-7-11(9-15(14)32-2)28-20(29)17-18(21(28)30)27(26-24-17)10-16-23-19(25-33-16)12-5-3-4-6-13(12)22/h3-9,17-18H,10H2,1-2H3/t17-,18-/m0/s1. The predicted molar refractivity (Wildman–Crippen MR) is 115 cm³/mol. The maximum absolute atomic E-state index is 13.2. The van der Waals surface area contributed by atoms with Crippen LogP contribution in [0.3, 0.4) is 0 Å². The van der Waals surface area contributed by atoms with Crippen molar-refractivity contribution in [2.45, 2.75) is 18.6 Å². The van der Waals surface area contributed by atoms with Crippen LogP contribution >= 0.6 is 11.6 Å². The summed E-state index contributed by atoms with van der Waals surface area (Å²) >= 11 is 6.19. The van der Waals surface area contributed by atoms with E-state index in [9.17, 15) is 9.59 Å². The largest absolute Gasteiger partial charge is 0.493 e. The molecule has 0 spiro atoms. The van der Waals surface area contributed by atoms with Crippen molar-refractivity contribution in [3.05, 3.63) is 53.4 Å². The highest BCUT2D eigenvalue weighted by atomic mass is 35.5. The maximum Gasteiger partial charge on any atom is 0.263 e. The van der Waals surface area contributed by atoms with Gasteiger partial charge in [0.25, 0.3) is 11.8 Å². The van der Waals surface area contributed by atoms with Crippen LogP contribution in [0.5, 0.6) is 11.5 Å². The molecule has 3 heterocycles. The van der Waals surface area contributed by atoms with Crippen LogP contribution in [0, 0.1) is 0 Å². The summed E-state index contributed by atoms with van der Waals surface area (Å²) in [4.78, 5) is 31.6. The molecule has 11 nitrogen and oxygen atoms in total. The number of methoxy groups -OCH3 is 2. The van der Waals surface area contributed by atoms with Crippen molar-refractivity contribution < 1.29 is 23.6 Å². The SMILES string of the molecule is COc1ccc(N2C(=O)[C@H]3N=NN(Cc4nc(-c5ccccc5Cl)no4)[C@@H]3C2=O)cc1OC. The molecule has 0 saturated carbocycles. The lowest BCUT2D eigenvalue weighted by Crippen LogP contribution is -2.39. The average molecular weight is 469 g/mol. The van der Waals surface area contributed by atoms with Crippen LogP contribution in [0.25, 0.3) is 11.4 Å². The van der Waals surface area contributed by atoms with Crippen LogP contribution in [-0.4, -0.2) is 53.3 Å². The first kappa shape index (κ1) is 20.9. The summed E-state index contributed by atoms with van der Waals surface area (Å²) in [7, 11) is 2.97. The first-order valence-electron chi connectivity index (χ1n) is 9.86. The van der Waals surface area contributed by atoms with Gasteiger partial charge < -0.3 is 14.0 Å². The van der Waals surface area contributed by atoms with Crippen LogP contribution in [0.1, 0.15) is 5.89 Å². The van der Waals surface area contributed by atoms with E-state index >= 15 is 0 Å². The molecule has 1 fully saturated rings. The lowest BCUT2D eigenvalue weighted by molar-refractivity contribution is -0.123. The number of fused-ring (bicyclic) bond motifs is 1. The van der Waals surface area contributed by atoms with E-state index in [0.29, 0.717) is 33.6 Å². The molecular weight excluding hydrogens is 452 g/mol. The normalized spacial score (nSPS) is 19.4. The van der Waals surface area contributed by atoms with E-state index in [4.69, 9.17) is 25.6 Å². The van der Waals surface area contributed by atoms with Gasteiger partial charge in [-0.2, -0.15) is 10.1 Å². The van der Waals surface area contributed by atoms with Crippen molar-refractivity contribution in [1.29, 1.82) is 0 Å². The zero-order valence-corrected chi connectivity index (χ0v) is 18.3. The van der Waals surface area contributed by atoms with Gasteiger partial charge in [0.05, 0.1) is 24.9 Å². The van der Waals surface area contributed by atoms with Gasteiger partial charge in [0.2, 0.25) is 11.7 Å². The number of hydrogen-bond donors (Lipinski definition) is 0. The minimum Gasteiger partial charge on any atom is -0.493 e. The number of hydrogen-bond acceptors (Lipinski definition) is 10. The van der Waals surface area contributed by atoms with Crippen LogP contribution < -0.4 is 14.4 Å². The number of imide groups is 1. The lowest BCUT2D eigenvalue weighted by Gasteiger charge is -2.20. The number of rotatable bonds is 6. The number of carbonyl (C=O) groups is 2. The van der Waals surface area contributed by atoms with Gasteiger partial charge in [0, 0.05) is 11.6 Å². The van der Waals surface area contributed by atoms with Gasteiger partial charge in [0.15, 0.2) is 23.6 Å². The second kappa shape index (κ2) is 8.17. The molecule has 0 unspecified atom stereocenters. The molecule has 1 saturated heterocycles. The molecule has 33 heavy (non-hydrogen) atoms. The molecule has 3 aromatic rings. The molecule has 2 atom stereocenters. The third-order valence-corrected chi connectivity index (χ3v) is 5.69. The number of benzene rings is 2. The Balaban J connectivity index is 1.38. The van der Waals surface area contributed by atoms with E-state index in [2.05, 4.69) is 20.5 Å². The Kier molecular flexibility index (Phi) is 5.17. The second-order valence-corrected chi connectivity index (χ2v) is 7.64. The highest BCUT2D eigenvalue weighted by Crippen LogP contribution is 2.37. The Morgan fingerprint density at radius 3 is 2.61 bits per heavy atom. The van der Waals surface area contributed by atoms with Crippen molar-refractivity contribution >= 4 is 29.1 Å². The minimum absolute atomic E-state index is 0.000906. The third-order valence-electron chi connectivity index (χ3n) is 5.36. The Labute approximate surface area is 192 Å². The summed E-state index contributed by atoms with van der Waals surface area (Å²) in [5.41, 5.74) is 0.966. The number of anilines is 1. The van der Waals surface area contributed by atoms with Gasteiger partial charge in [-0.05, 0) is 24.3 Å². The topological polar surface area (TPSA) is 123 Å². The molecule has 168 valence electrons. The van der Waals surface area contributed by atoms with Crippen LogP contribution in [0.15, 0.2) is 57.3 Å². The van der Waals surface area contributed by atoms with Gasteiger partial charge >= 0.3 is 0 Å². The number of nitrogens with zero attached hydrogens (tertiary/aromatic N) is 6. The molecule has 0 aliphatic carbocycles. The number of carbonyl (C=O) groups excluding carboxylic acids is 2. The van der Waals surface area contributed by atoms with Crippen molar-refractivity contribution in [2.75, 3.05) is 19.1 Å². The molecule has 2 aliphatic rings. The zero-order chi connectivity index (χ0) is 23.1. The van der Waals surface area contributed by atoms with E-state index in [0.717, 1.165) is 4.90 Å². The molecule has 5 rings (SSSR count). The van der Waals surface area contributed by atoms with Crippen LogP contribution in [0.2, 0.25) is 5.02 Å². The molecule has 2 aliphatic heterocycles. The fourth-order valence-corrected chi connectivity index (χ4v) is 4.00. The van der Waals surface area contributed by atoms with Crippen molar-refractivity contribution in [1.82, 2.24) is 15.1 Å². The van der Waals surface area contributed by atoms with Crippen molar-refractivity contribution in [3.8, 4) is 22.9 Å². The zero-order valence-electron chi connectivity index (χ0n) is 17.5. The van der Waals surface area contributed by atoms with Gasteiger partial charge in [-0.3, -0.25) is 14.6 Å². The molecule has 2 amide bonds. The van der Waals surface area contributed by atoms with E-state index in [-0.39, 0.29) is 12.4 Å². The quantitative estimate of drug-likeness (QED) is 0.506. The fraction of sp³-hybridized carbons (Fsp3) is 0.238. The van der Waals surface area contributed by atoms with Crippen LogP contribution in [-0.2, 0) is 16.1 Å². The minimum atomic E-state index is -0.962. The summed E-state index contributed by atoms with van der Waals surface area (Å²) in [6.07, 6.45) is 0. The summed E-state index contributed by atoms with van der Waals surface area (Å²) < 4.78 is 15.8. The Bertz CT molecular complexity index is 1280. The van der Waals surface area contributed by atoms with E-state index in [1.54, 1.807) is 36.4 Å². The fourth-order valence-electron chi connectivity index (χ4n) is 3.78. The Morgan fingerprint density at radius 2 is 1.85 bits per heavy atom. The number of aromatic nitrogens is 2. The first-order chi connectivity index (χ1) is 16.0. The van der Waals surface area contributed by atoms with Gasteiger partial charge in [-0.15, -0.1) is 0 Å². The summed E-state index contributed by atoms with van der Waals surface area (Å²) in [5, 5.41) is 13.8. The maximum atomic E-state index is 13.2. The number of ether oxygens (including phenoxy) is 2. The smallest absolute Gasteiger partial charge is 0.263 e. The molecule has 0 radical (unpaired) electrons. The Hall–Kier alpha value is -3.99. The van der Waals surface area contributed by atoms with E-state index < -0.39 is 23.9 Å². The predicted octanol–water partition coefficient (Wildman–Crippen LogP) is 2.90.